The lowest BCUT2D eigenvalue weighted by atomic mass is 9.99. The SMILES string of the molecule is OCC1O[C@H](O[C@H]2OC(CO)[C@@H](O)[C@@H](O)C2O)C[C@@H](O)[C@@H]1O. The van der Waals surface area contributed by atoms with Crippen molar-refractivity contribution in [3.8, 4) is 0 Å². The largest absolute Gasteiger partial charge is 0.394 e. The molecule has 0 aromatic rings. The zero-order valence-electron chi connectivity index (χ0n) is 11.7. The van der Waals surface area contributed by atoms with Crippen molar-refractivity contribution in [1.82, 2.24) is 0 Å². The number of aliphatic hydroxyl groups excluding tert-OH is 7. The molecule has 10 nitrogen and oxygen atoms in total. The average molecular weight is 326 g/mol. The second kappa shape index (κ2) is 7.45. The van der Waals surface area contributed by atoms with Crippen LogP contribution in [0.4, 0.5) is 0 Å². The molecule has 2 aliphatic rings. The van der Waals surface area contributed by atoms with Crippen LogP contribution in [0.1, 0.15) is 6.42 Å². The maximum absolute atomic E-state index is 9.83. The Kier molecular flexibility index (Phi) is 6.07. The van der Waals surface area contributed by atoms with Crippen LogP contribution >= 0.6 is 0 Å². The zero-order valence-corrected chi connectivity index (χ0v) is 11.7. The highest BCUT2D eigenvalue weighted by Crippen LogP contribution is 2.27. The molecule has 10 heteroatoms. The van der Waals surface area contributed by atoms with E-state index in [1.807, 2.05) is 0 Å². The molecule has 0 aliphatic carbocycles. The highest BCUT2D eigenvalue weighted by atomic mass is 16.8. The van der Waals surface area contributed by atoms with E-state index in [2.05, 4.69) is 0 Å². The standard InChI is InChI=1S/C12H22O10/c13-2-5-8(16)4(15)1-7(20-5)22-12-11(19)10(18)9(17)6(3-14)21-12/h4-19H,1-3H2/t4-,5?,6?,7-,8+,9-,10-,11?,12-/m1/s1. The molecule has 130 valence electrons. The molecule has 0 radical (unpaired) electrons. The lowest BCUT2D eigenvalue weighted by Gasteiger charge is -2.43. The first-order valence-corrected chi connectivity index (χ1v) is 6.97. The van der Waals surface area contributed by atoms with E-state index in [1.165, 1.54) is 0 Å². The van der Waals surface area contributed by atoms with E-state index < -0.39 is 68.5 Å². The summed E-state index contributed by atoms with van der Waals surface area (Å²) in [5.41, 5.74) is 0. The second-order valence-corrected chi connectivity index (χ2v) is 5.41. The van der Waals surface area contributed by atoms with E-state index in [-0.39, 0.29) is 6.42 Å². The van der Waals surface area contributed by atoms with E-state index in [4.69, 9.17) is 24.4 Å². The van der Waals surface area contributed by atoms with Gasteiger partial charge < -0.3 is 50.0 Å². The molecule has 2 saturated heterocycles. The van der Waals surface area contributed by atoms with Gasteiger partial charge >= 0.3 is 0 Å². The van der Waals surface area contributed by atoms with Crippen LogP contribution in [0.25, 0.3) is 0 Å². The highest BCUT2D eigenvalue weighted by Gasteiger charge is 2.46. The first kappa shape index (κ1) is 17.9. The molecule has 0 spiro atoms. The summed E-state index contributed by atoms with van der Waals surface area (Å²) in [7, 11) is 0. The molecule has 2 aliphatic heterocycles. The lowest BCUT2D eigenvalue weighted by molar-refractivity contribution is -0.358. The van der Waals surface area contributed by atoms with Crippen molar-refractivity contribution in [1.29, 1.82) is 0 Å². The zero-order chi connectivity index (χ0) is 16.4. The third-order valence-corrected chi connectivity index (χ3v) is 3.85. The molecule has 2 rings (SSSR count). The fourth-order valence-electron chi connectivity index (χ4n) is 2.48. The highest BCUT2D eigenvalue weighted by molar-refractivity contribution is 4.90. The molecule has 7 N–H and O–H groups in total. The van der Waals surface area contributed by atoms with Gasteiger partial charge in [-0.3, -0.25) is 0 Å². The van der Waals surface area contributed by atoms with Crippen LogP contribution in [-0.4, -0.2) is 104 Å². The summed E-state index contributed by atoms with van der Waals surface area (Å²) >= 11 is 0. The Morgan fingerprint density at radius 2 is 1.36 bits per heavy atom. The van der Waals surface area contributed by atoms with E-state index >= 15 is 0 Å². The Bertz CT molecular complexity index is 353. The van der Waals surface area contributed by atoms with Crippen molar-refractivity contribution in [2.24, 2.45) is 0 Å². The minimum absolute atomic E-state index is 0.146. The molecule has 3 unspecified atom stereocenters. The van der Waals surface area contributed by atoms with Crippen LogP contribution in [-0.2, 0) is 14.2 Å². The van der Waals surface area contributed by atoms with Gasteiger partial charge in [0.05, 0.1) is 19.3 Å². The maximum atomic E-state index is 9.83. The Balaban J connectivity index is 2.00. The van der Waals surface area contributed by atoms with Crippen LogP contribution in [0.5, 0.6) is 0 Å². The van der Waals surface area contributed by atoms with E-state index in [1.54, 1.807) is 0 Å². The predicted octanol–water partition coefficient (Wildman–Crippen LogP) is -4.37. The van der Waals surface area contributed by atoms with Crippen LogP contribution < -0.4 is 0 Å². The van der Waals surface area contributed by atoms with Crippen LogP contribution in [0.3, 0.4) is 0 Å². The van der Waals surface area contributed by atoms with Gasteiger partial charge in [0.2, 0.25) is 0 Å². The smallest absolute Gasteiger partial charge is 0.189 e. The fraction of sp³-hybridized carbons (Fsp3) is 1.00. The van der Waals surface area contributed by atoms with Gasteiger partial charge in [-0.05, 0) is 0 Å². The quantitative estimate of drug-likeness (QED) is 0.268. The number of rotatable bonds is 4. The van der Waals surface area contributed by atoms with Gasteiger partial charge in [-0.15, -0.1) is 0 Å². The summed E-state index contributed by atoms with van der Waals surface area (Å²) in [6, 6.07) is 0. The molecule has 22 heavy (non-hydrogen) atoms. The molecule has 0 aromatic carbocycles. The third kappa shape index (κ3) is 3.57. The van der Waals surface area contributed by atoms with Crippen LogP contribution in [0.15, 0.2) is 0 Å². The molecule has 0 aromatic heterocycles. The summed E-state index contributed by atoms with van der Waals surface area (Å²) in [6.45, 7) is -1.15. The second-order valence-electron chi connectivity index (χ2n) is 5.41. The lowest BCUT2D eigenvalue weighted by Crippen LogP contribution is -2.60. The van der Waals surface area contributed by atoms with E-state index in [0.29, 0.717) is 0 Å². The molecular formula is C12H22O10. The Morgan fingerprint density at radius 3 is 1.95 bits per heavy atom. The van der Waals surface area contributed by atoms with E-state index in [9.17, 15) is 25.5 Å². The summed E-state index contributed by atoms with van der Waals surface area (Å²) in [5.74, 6) is 0. The van der Waals surface area contributed by atoms with Crippen LogP contribution in [0.2, 0.25) is 0 Å². The number of hydrogen-bond acceptors (Lipinski definition) is 10. The van der Waals surface area contributed by atoms with Crippen molar-refractivity contribution in [2.75, 3.05) is 13.2 Å². The number of ether oxygens (including phenoxy) is 3. The monoisotopic (exact) mass is 326 g/mol. The molecular weight excluding hydrogens is 304 g/mol. The van der Waals surface area contributed by atoms with Crippen molar-refractivity contribution >= 4 is 0 Å². The Labute approximate surface area is 126 Å². The molecule has 0 bridgehead atoms. The van der Waals surface area contributed by atoms with Crippen molar-refractivity contribution in [3.05, 3.63) is 0 Å². The summed E-state index contributed by atoms with van der Waals surface area (Å²) in [6.07, 6.45) is -12.1. The number of hydrogen-bond donors (Lipinski definition) is 7. The fourth-order valence-corrected chi connectivity index (χ4v) is 2.48. The summed E-state index contributed by atoms with van der Waals surface area (Å²) < 4.78 is 15.7. The van der Waals surface area contributed by atoms with Crippen molar-refractivity contribution in [2.45, 2.75) is 61.7 Å². The molecule has 2 fully saturated rings. The molecule has 0 saturated carbocycles. The van der Waals surface area contributed by atoms with Crippen LogP contribution in [0, 0.1) is 0 Å². The minimum atomic E-state index is -1.60. The molecule has 2 heterocycles. The number of aliphatic hydroxyl groups is 7. The van der Waals surface area contributed by atoms with Gasteiger partial charge in [-0.2, -0.15) is 0 Å². The molecule has 9 atom stereocenters. The molecule has 0 amide bonds. The first-order valence-electron chi connectivity index (χ1n) is 6.97. The van der Waals surface area contributed by atoms with Gasteiger partial charge in [0, 0.05) is 6.42 Å². The van der Waals surface area contributed by atoms with Gasteiger partial charge in [-0.25, -0.2) is 0 Å². The first-order chi connectivity index (χ1) is 10.4. The normalized spacial score (nSPS) is 50.0. The van der Waals surface area contributed by atoms with Crippen molar-refractivity contribution < 1.29 is 50.0 Å². The summed E-state index contributed by atoms with van der Waals surface area (Å²) in [4.78, 5) is 0. The summed E-state index contributed by atoms with van der Waals surface area (Å²) in [5, 5.41) is 66.6. The minimum Gasteiger partial charge on any atom is -0.394 e. The Hall–Kier alpha value is -0.400. The average Bonchev–Trinajstić information content (AvgIpc) is 2.51. The van der Waals surface area contributed by atoms with Gasteiger partial charge in [0.15, 0.2) is 12.6 Å². The van der Waals surface area contributed by atoms with Gasteiger partial charge in [-0.1, -0.05) is 0 Å². The van der Waals surface area contributed by atoms with E-state index in [0.717, 1.165) is 0 Å². The van der Waals surface area contributed by atoms with Crippen molar-refractivity contribution in [3.63, 3.8) is 0 Å². The topological polar surface area (TPSA) is 169 Å². The van der Waals surface area contributed by atoms with Gasteiger partial charge in [0.25, 0.3) is 0 Å². The predicted molar refractivity (Wildman–Crippen MR) is 67.2 cm³/mol. The third-order valence-electron chi connectivity index (χ3n) is 3.85. The maximum Gasteiger partial charge on any atom is 0.189 e. The van der Waals surface area contributed by atoms with Gasteiger partial charge in [0.1, 0.15) is 36.6 Å². The Morgan fingerprint density at radius 1 is 0.773 bits per heavy atom.